The Balaban J connectivity index is 1.99. The Kier molecular flexibility index (Phi) is 6.20. The van der Waals surface area contributed by atoms with Gasteiger partial charge in [0.25, 0.3) is 0 Å². The normalized spacial score (nSPS) is 27.9. The molecule has 0 unspecified atom stereocenters. The van der Waals surface area contributed by atoms with Gasteiger partial charge in [-0.25, -0.2) is 0 Å². The number of hydrogen-bond donors (Lipinski definition) is 1. The van der Waals surface area contributed by atoms with Gasteiger partial charge < -0.3 is 10.1 Å². The van der Waals surface area contributed by atoms with Gasteiger partial charge in [-0.1, -0.05) is 19.8 Å². The van der Waals surface area contributed by atoms with Crippen LogP contribution in [0.25, 0.3) is 0 Å². The van der Waals surface area contributed by atoms with E-state index in [0.717, 1.165) is 38.1 Å². The first-order chi connectivity index (χ1) is 6.84. The van der Waals surface area contributed by atoms with Gasteiger partial charge in [-0.05, 0) is 38.6 Å². The van der Waals surface area contributed by atoms with Crippen LogP contribution in [0.4, 0.5) is 0 Å². The molecule has 0 spiro atoms. The fourth-order valence-electron chi connectivity index (χ4n) is 2.23. The van der Waals surface area contributed by atoms with E-state index in [4.69, 9.17) is 4.74 Å². The number of ether oxygens (including phenoxy) is 1. The van der Waals surface area contributed by atoms with Gasteiger partial charge in [-0.15, -0.1) is 0 Å². The molecule has 1 aliphatic carbocycles. The van der Waals surface area contributed by atoms with Crippen molar-refractivity contribution in [2.24, 2.45) is 5.92 Å². The first kappa shape index (κ1) is 12.0. The molecule has 2 atom stereocenters. The van der Waals surface area contributed by atoms with Crippen molar-refractivity contribution in [1.82, 2.24) is 5.32 Å². The first-order valence-corrected chi connectivity index (χ1v) is 6.15. The standard InChI is InChI=1S/C12H25NO/c1-3-14-10-6-9-13-12-8-5-4-7-11(12)2/h11-13H,3-10H2,1-2H3/t11-,12-/m1/s1. The average Bonchev–Trinajstić information content (AvgIpc) is 2.20. The second-order valence-corrected chi connectivity index (χ2v) is 4.37. The van der Waals surface area contributed by atoms with Crippen LogP contribution in [0.5, 0.6) is 0 Å². The van der Waals surface area contributed by atoms with Gasteiger partial charge in [-0.3, -0.25) is 0 Å². The van der Waals surface area contributed by atoms with E-state index in [2.05, 4.69) is 19.2 Å². The summed E-state index contributed by atoms with van der Waals surface area (Å²) in [4.78, 5) is 0. The molecule has 0 heterocycles. The van der Waals surface area contributed by atoms with Crippen molar-refractivity contribution in [2.45, 2.75) is 52.0 Å². The van der Waals surface area contributed by atoms with Crippen LogP contribution in [0.1, 0.15) is 46.0 Å². The minimum absolute atomic E-state index is 0.769. The molecule has 0 radical (unpaired) electrons. The third-order valence-corrected chi connectivity index (χ3v) is 3.19. The van der Waals surface area contributed by atoms with Crippen LogP contribution in [0.3, 0.4) is 0 Å². The maximum Gasteiger partial charge on any atom is 0.0477 e. The van der Waals surface area contributed by atoms with Gasteiger partial charge >= 0.3 is 0 Å². The van der Waals surface area contributed by atoms with E-state index in [-0.39, 0.29) is 0 Å². The summed E-state index contributed by atoms with van der Waals surface area (Å²) in [5.74, 6) is 0.871. The number of rotatable bonds is 6. The lowest BCUT2D eigenvalue weighted by molar-refractivity contribution is 0.142. The third kappa shape index (κ3) is 4.43. The van der Waals surface area contributed by atoms with Gasteiger partial charge in [-0.2, -0.15) is 0 Å². The molecule has 0 saturated heterocycles. The summed E-state index contributed by atoms with van der Waals surface area (Å²) in [5.41, 5.74) is 0. The zero-order valence-corrected chi connectivity index (χ0v) is 9.72. The second-order valence-electron chi connectivity index (χ2n) is 4.37. The molecule has 14 heavy (non-hydrogen) atoms. The van der Waals surface area contributed by atoms with Crippen molar-refractivity contribution in [3.63, 3.8) is 0 Å². The van der Waals surface area contributed by atoms with Crippen molar-refractivity contribution in [3.8, 4) is 0 Å². The average molecular weight is 199 g/mol. The zero-order chi connectivity index (χ0) is 10.2. The van der Waals surface area contributed by atoms with Crippen molar-refractivity contribution >= 4 is 0 Å². The van der Waals surface area contributed by atoms with E-state index in [0.29, 0.717) is 0 Å². The second kappa shape index (κ2) is 7.24. The number of hydrogen-bond acceptors (Lipinski definition) is 2. The van der Waals surface area contributed by atoms with Crippen LogP contribution >= 0.6 is 0 Å². The van der Waals surface area contributed by atoms with Gasteiger partial charge in [0.05, 0.1) is 0 Å². The highest BCUT2D eigenvalue weighted by atomic mass is 16.5. The minimum Gasteiger partial charge on any atom is -0.382 e. The molecule has 0 aliphatic heterocycles. The van der Waals surface area contributed by atoms with Crippen LogP contribution in [-0.4, -0.2) is 25.8 Å². The summed E-state index contributed by atoms with van der Waals surface area (Å²) in [5, 5.41) is 3.65. The van der Waals surface area contributed by atoms with Crippen LogP contribution in [0, 0.1) is 5.92 Å². The van der Waals surface area contributed by atoms with Crippen LogP contribution in [0.15, 0.2) is 0 Å². The lowest BCUT2D eigenvalue weighted by Gasteiger charge is -2.29. The molecule has 0 aromatic carbocycles. The minimum atomic E-state index is 0.769. The summed E-state index contributed by atoms with van der Waals surface area (Å²) in [6, 6.07) is 0.769. The molecule has 1 N–H and O–H groups in total. The van der Waals surface area contributed by atoms with Gasteiger partial charge in [0.1, 0.15) is 0 Å². The molecule has 0 aromatic rings. The van der Waals surface area contributed by atoms with E-state index in [1.54, 1.807) is 0 Å². The Morgan fingerprint density at radius 3 is 2.79 bits per heavy atom. The van der Waals surface area contributed by atoms with Crippen LogP contribution in [0.2, 0.25) is 0 Å². The van der Waals surface area contributed by atoms with Gasteiger partial charge in [0.2, 0.25) is 0 Å². The maximum atomic E-state index is 5.31. The molecule has 1 aliphatic rings. The van der Waals surface area contributed by atoms with E-state index in [9.17, 15) is 0 Å². The Bertz CT molecular complexity index is 138. The highest BCUT2D eigenvalue weighted by Crippen LogP contribution is 2.23. The molecule has 2 nitrogen and oxygen atoms in total. The first-order valence-electron chi connectivity index (χ1n) is 6.15. The molecule has 0 amide bonds. The van der Waals surface area contributed by atoms with Crippen LogP contribution in [-0.2, 0) is 4.74 Å². The Hall–Kier alpha value is -0.0800. The Morgan fingerprint density at radius 1 is 1.29 bits per heavy atom. The van der Waals surface area contributed by atoms with Crippen molar-refractivity contribution in [3.05, 3.63) is 0 Å². The smallest absolute Gasteiger partial charge is 0.0477 e. The highest BCUT2D eigenvalue weighted by molar-refractivity contribution is 4.77. The largest absolute Gasteiger partial charge is 0.382 e. The maximum absolute atomic E-state index is 5.31. The lowest BCUT2D eigenvalue weighted by atomic mass is 9.86. The fourth-order valence-corrected chi connectivity index (χ4v) is 2.23. The molecule has 1 fully saturated rings. The summed E-state index contributed by atoms with van der Waals surface area (Å²) in [6.45, 7) is 7.30. The molecule has 2 heteroatoms. The van der Waals surface area contributed by atoms with E-state index in [1.807, 2.05) is 0 Å². The predicted molar refractivity (Wildman–Crippen MR) is 60.5 cm³/mol. The molecular formula is C12H25NO. The monoisotopic (exact) mass is 199 g/mol. The number of nitrogens with one attached hydrogen (secondary N) is 1. The fraction of sp³-hybridized carbons (Fsp3) is 1.00. The zero-order valence-electron chi connectivity index (χ0n) is 9.72. The molecule has 84 valence electrons. The molecule has 0 bridgehead atoms. The summed E-state index contributed by atoms with van der Waals surface area (Å²) >= 11 is 0. The SMILES string of the molecule is CCOCCCN[C@@H]1CCCC[C@H]1C. The van der Waals surface area contributed by atoms with Crippen molar-refractivity contribution < 1.29 is 4.74 Å². The quantitative estimate of drug-likeness (QED) is 0.664. The molecular weight excluding hydrogens is 174 g/mol. The van der Waals surface area contributed by atoms with E-state index in [1.165, 1.54) is 25.7 Å². The van der Waals surface area contributed by atoms with Crippen molar-refractivity contribution in [1.29, 1.82) is 0 Å². The molecule has 1 rings (SSSR count). The van der Waals surface area contributed by atoms with Gasteiger partial charge in [0, 0.05) is 19.3 Å². The predicted octanol–water partition coefficient (Wildman–Crippen LogP) is 2.58. The summed E-state index contributed by atoms with van der Waals surface area (Å²) in [7, 11) is 0. The van der Waals surface area contributed by atoms with Crippen molar-refractivity contribution in [2.75, 3.05) is 19.8 Å². The summed E-state index contributed by atoms with van der Waals surface area (Å²) in [6.07, 6.45) is 6.77. The van der Waals surface area contributed by atoms with E-state index >= 15 is 0 Å². The molecule has 0 aromatic heterocycles. The topological polar surface area (TPSA) is 21.3 Å². The highest BCUT2D eigenvalue weighted by Gasteiger charge is 2.19. The lowest BCUT2D eigenvalue weighted by Crippen LogP contribution is -2.37. The molecule has 1 saturated carbocycles. The Morgan fingerprint density at radius 2 is 2.07 bits per heavy atom. The van der Waals surface area contributed by atoms with Gasteiger partial charge in [0.15, 0.2) is 0 Å². The third-order valence-electron chi connectivity index (χ3n) is 3.19. The Labute approximate surface area is 88.4 Å². The van der Waals surface area contributed by atoms with E-state index < -0.39 is 0 Å². The summed E-state index contributed by atoms with van der Waals surface area (Å²) < 4.78 is 5.31. The van der Waals surface area contributed by atoms with Crippen LogP contribution < -0.4 is 5.32 Å².